The first kappa shape index (κ1) is 19.0. The summed E-state index contributed by atoms with van der Waals surface area (Å²) in [7, 11) is 1.55. The lowest BCUT2D eigenvalue weighted by Crippen LogP contribution is -2.30. The Kier molecular flexibility index (Phi) is 5.86. The molecule has 0 bridgehead atoms. The molecule has 142 valence electrons. The van der Waals surface area contributed by atoms with Crippen molar-refractivity contribution in [3.63, 3.8) is 0 Å². The van der Waals surface area contributed by atoms with Crippen LogP contribution in [0.1, 0.15) is 19.8 Å². The lowest BCUT2D eigenvalue weighted by Gasteiger charge is -2.21. The van der Waals surface area contributed by atoms with E-state index in [0.29, 0.717) is 40.9 Å². The minimum atomic E-state index is -0.746. The molecule has 2 aromatic rings. The van der Waals surface area contributed by atoms with E-state index in [4.69, 9.17) is 21.1 Å². The van der Waals surface area contributed by atoms with Crippen molar-refractivity contribution in [2.24, 2.45) is 0 Å². The van der Waals surface area contributed by atoms with Crippen molar-refractivity contribution in [3.05, 3.63) is 47.5 Å². The molecule has 1 saturated heterocycles. The van der Waals surface area contributed by atoms with Crippen molar-refractivity contribution in [2.45, 2.75) is 25.9 Å². The molecular formula is C20H21ClN2O4. The molecule has 7 heteroatoms. The van der Waals surface area contributed by atoms with Crippen LogP contribution >= 0.6 is 11.6 Å². The third-order valence-corrected chi connectivity index (χ3v) is 4.63. The number of carbonyl (C=O) groups is 2. The highest BCUT2D eigenvalue weighted by Gasteiger charge is 2.25. The Morgan fingerprint density at radius 1 is 1.22 bits per heavy atom. The number of methoxy groups -OCH3 is 1. The van der Waals surface area contributed by atoms with Crippen LogP contribution in [-0.4, -0.2) is 31.6 Å². The molecule has 1 unspecified atom stereocenters. The number of hydrogen-bond acceptors (Lipinski definition) is 4. The minimum absolute atomic E-state index is 0.0483. The van der Waals surface area contributed by atoms with Crippen LogP contribution in [0.2, 0.25) is 5.02 Å². The van der Waals surface area contributed by atoms with Crippen LogP contribution in [0.5, 0.6) is 11.5 Å². The van der Waals surface area contributed by atoms with Gasteiger partial charge in [0.1, 0.15) is 11.5 Å². The molecule has 3 rings (SSSR count). The van der Waals surface area contributed by atoms with E-state index in [1.54, 1.807) is 61.4 Å². The largest absolute Gasteiger partial charge is 0.495 e. The standard InChI is InChI=1S/C20H21ClN2O4/c1-13(27-17-7-4-3-6-15(17)21)20(25)22-14-9-10-18(26-2)16(12-14)23-11-5-8-19(23)24/h3-4,6-7,9-10,12-13H,5,8,11H2,1-2H3,(H,22,25). The Morgan fingerprint density at radius 2 is 2.00 bits per heavy atom. The predicted molar refractivity (Wildman–Crippen MR) is 105 cm³/mol. The SMILES string of the molecule is COc1ccc(NC(=O)C(C)Oc2ccccc2Cl)cc1N1CCCC1=O. The number of ether oxygens (including phenoxy) is 2. The maximum atomic E-state index is 12.5. The zero-order chi connectivity index (χ0) is 19.4. The number of rotatable bonds is 6. The van der Waals surface area contributed by atoms with Crippen LogP contribution in [0.15, 0.2) is 42.5 Å². The molecule has 1 aliphatic rings. The fourth-order valence-corrected chi connectivity index (χ4v) is 3.09. The first-order valence-corrected chi connectivity index (χ1v) is 9.08. The van der Waals surface area contributed by atoms with E-state index in [2.05, 4.69) is 5.32 Å². The molecule has 0 radical (unpaired) electrons. The molecule has 1 atom stereocenters. The predicted octanol–water partition coefficient (Wildman–Crippen LogP) is 3.88. The maximum absolute atomic E-state index is 12.5. The molecule has 1 fully saturated rings. The van der Waals surface area contributed by atoms with Crippen LogP contribution in [0.4, 0.5) is 11.4 Å². The summed E-state index contributed by atoms with van der Waals surface area (Å²) in [5, 5.41) is 3.25. The summed E-state index contributed by atoms with van der Waals surface area (Å²) >= 11 is 6.07. The molecule has 6 nitrogen and oxygen atoms in total. The van der Waals surface area contributed by atoms with Crippen molar-refractivity contribution in [1.82, 2.24) is 0 Å². The fourth-order valence-electron chi connectivity index (χ4n) is 2.91. The highest BCUT2D eigenvalue weighted by molar-refractivity contribution is 6.32. The van der Waals surface area contributed by atoms with Crippen LogP contribution in [0.25, 0.3) is 0 Å². The van der Waals surface area contributed by atoms with Gasteiger partial charge in [0.05, 0.1) is 17.8 Å². The number of halogens is 1. The Hall–Kier alpha value is -2.73. The number of nitrogens with zero attached hydrogens (tertiary/aromatic N) is 1. The zero-order valence-electron chi connectivity index (χ0n) is 15.2. The molecule has 2 aromatic carbocycles. The van der Waals surface area contributed by atoms with Crippen molar-refractivity contribution >= 4 is 34.8 Å². The second-order valence-corrected chi connectivity index (χ2v) is 6.62. The third-order valence-electron chi connectivity index (χ3n) is 4.32. The van der Waals surface area contributed by atoms with E-state index in [-0.39, 0.29) is 11.8 Å². The van der Waals surface area contributed by atoms with E-state index >= 15 is 0 Å². The lowest BCUT2D eigenvalue weighted by molar-refractivity contribution is -0.122. The van der Waals surface area contributed by atoms with Crippen molar-refractivity contribution in [3.8, 4) is 11.5 Å². The molecule has 1 heterocycles. The summed E-state index contributed by atoms with van der Waals surface area (Å²) < 4.78 is 11.0. The number of nitrogens with one attached hydrogen (secondary N) is 1. The highest BCUT2D eigenvalue weighted by Crippen LogP contribution is 2.34. The van der Waals surface area contributed by atoms with Gasteiger partial charge in [0.2, 0.25) is 5.91 Å². The summed E-state index contributed by atoms with van der Waals surface area (Å²) in [6.07, 6.45) is 0.577. The molecule has 0 aliphatic carbocycles. The van der Waals surface area contributed by atoms with Gasteiger partial charge in [0.25, 0.3) is 5.91 Å². The summed E-state index contributed by atoms with van der Waals surface area (Å²) in [5.41, 5.74) is 1.21. The van der Waals surface area contributed by atoms with Crippen molar-refractivity contribution < 1.29 is 19.1 Å². The second-order valence-electron chi connectivity index (χ2n) is 6.22. The average molecular weight is 389 g/mol. The number of hydrogen-bond donors (Lipinski definition) is 1. The lowest BCUT2D eigenvalue weighted by atomic mass is 10.2. The number of benzene rings is 2. The molecule has 1 N–H and O–H groups in total. The molecule has 0 saturated carbocycles. The Bertz CT molecular complexity index is 856. The molecule has 27 heavy (non-hydrogen) atoms. The second kappa shape index (κ2) is 8.31. The van der Waals surface area contributed by atoms with Gasteiger partial charge in [-0.3, -0.25) is 9.59 Å². The van der Waals surface area contributed by atoms with E-state index in [1.165, 1.54) is 0 Å². The molecule has 0 spiro atoms. The Balaban J connectivity index is 1.74. The summed E-state index contributed by atoms with van der Waals surface area (Å²) in [4.78, 5) is 26.2. The topological polar surface area (TPSA) is 67.9 Å². The zero-order valence-corrected chi connectivity index (χ0v) is 16.0. The van der Waals surface area contributed by atoms with Gasteiger partial charge in [-0.05, 0) is 43.7 Å². The van der Waals surface area contributed by atoms with Crippen LogP contribution < -0.4 is 19.7 Å². The van der Waals surface area contributed by atoms with Crippen LogP contribution in [0.3, 0.4) is 0 Å². The van der Waals surface area contributed by atoms with Gasteiger partial charge in [0, 0.05) is 18.7 Å². The summed E-state index contributed by atoms with van der Waals surface area (Å²) in [5.74, 6) is 0.759. The fraction of sp³-hybridized carbons (Fsp3) is 0.300. The van der Waals surface area contributed by atoms with E-state index in [0.717, 1.165) is 6.42 Å². The summed E-state index contributed by atoms with van der Waals surface area (Å²) in [6.45, 7) is 2.28. The number of para-hydroxylation sites is 1. The van der Waals surface area contributed by atoms with E-state index < -0.39 is 6.10 Å². The minimum Gasteiger partial charge on any atom is -0.495 e. The summed E-state index contributed by atoms with van der Waals surface area (Å²) in [6, 6.07) is 12.2. The van der Waals surface area contributed by atoms with Gasteiger partial charge >= 0.3 is 0 Å². The molecule has 1 aliphatic heterocycles. The third kappa shape index (κ3) is 4.34. The first-order chi connectivity index (χ1) is 13.0. The van der Waals surface area contributed by atoms with Gasteiger partial charge in [-0.2, -0.15) is 0 Å². The Labute approximate surface area is 163 Å². The maximum Gasteiger partial charge on any atom is 0.265 e. The quantitative estimate of drug-likeness (QED) is 0.815. The van der Waals surface area contributed by atoms with E-state index in [1.807, 2.05) is 0 Å². The molecule has 2 amide bonds. The van der Waals surface area contributed by atoms with Crippen molar-refractivity contribution in [1.29, 1.82) is 0 Å². The number of carbonyl (C=O) groups excluding carboxylic acids is 2. The van der Waals surface area contributed by atoms with Crippen molar-refractivity contribution in [2.75, 3.05) is 23.9 Å². The number of anilines is 2. The van der Waals surface area contributed by atoms with Gasteiger partial charge in [-0.15, -0.1) is 0 Å². The average Bonchev–Trinajstić information content (AvgIpc) is 3.09. The van der Waals surface area contributed by atoms with Crippen LogP contribution in [0, 0.1) is 0 Å². The van der Waals surface area contributed by atoms with Crippen LogP contribution in [-0.2, 0) is 9.59 Å². The highest BCUT2D eigenvalue weighted by atomic mass is 35.5. The van der Waals surface area contributed by atoms with Gasteiger partial charge in [-0.25, -0.2) is 0 Å². The van der Waals surface area contributed by atoms with Gasteiger partial charge in [0.15, 0.2) is 6.10 Å². The normalized spacial score (nSPS) is 14.8. The monoisotopic (exact) mass is 388 g/mol. The van der Waals surface area contributed by atoms with Gasteiger partial charge in [-0.1, -0.05) is 23.7 Å². The molecule has 0 aromatic heterocycles. The first-order valence-electron chi connectivity index (χ1n) is 8.70. The number of amides is 2. The van der Waals surface area contributed by atoms with E-state index in [9.17, 15) is 9.59 Å². The molecular weight excluding hydrogens is 368 g/mol. The Morgan fingerprint density at radius 3 is 2.67 bits per heavy atom. The smallest absolute Gasteiger partial charge is 0.265 e. The van der Waals surface area contributed by atoms with Gasteiger partial charge < -0.3 is 19.7 Å².